The van der Waals surface area contributed by atoms with Crippen LogP contribution in [-0.2, 0) is 0 Å². The van der Waals surface area contributed by atoms with E-state index in [1.165, 1.54) is 43.3 Å². The predicted molar refractivity (Wildman–Crippen MR) is 111 cm³/mol. The highest BCUT2D eigenvalue weighted by Gasteiger charge is 2.36. The van der Waals surface area contributed by atoms with Crippen LogP contribution in [0.4, 0.5) is 5.69 Å². The summed E-state index contributed by atoms with van der Waals surface area (Å²) in [5, 5.41) is 1.32. The summed E-state index contributed by atoms with van der Waals surface area (Å²) in [6, 6.07) is 26.1. The predicted octanol–water partition coefficient (Wildman–Crippen LogP) is 2.29. The van der Waals surface area contributed by atoms with Crippen LogP contribution in [-0.4, -0.2) is 14.1 Å². The molecule has 0 saturated heterocycles. The van der Waals surface area contributed by atoms with Gasteiger partial charge in [-0.2, -0.15) is 0 Å². The van der Waals surface area contributed by atoms with E-state index >= 15 is 0 Å². The van der Waals surface area contributed by atoms with Gasteiger partial charge in [-0.05, 0) is 35.9 Å². The van der Waals surface area contributed by atoms with Crippen molar-refractivity contribution >= 4 is 39.0 Å². The molecule has 27 heavy (non-hydrogen) atoms. The van der Waals surface area contributed by atoms with E-state index in [9.17, 15) is 0 Å². The Kier molecular flexibility index (Phi) is 4.78. The fourth-order valence-corrected chi connectivity index (χ4v) is 4.78. The number of hydrogen-bond donors (Lipinski definition) is 0. The van der Waals surface area contributed by atoms with Crippen molar-refractivity contribution in [2.24, 2.45) is 0 Å². The van der Waals surface area contributed by atoms with Crippen molar-refractivity contribution in [3.63, 3.8) is 0 Å². The summed E-state index contributed by atoms with van der Waals surface area (Å²) in [6.45, 7) is 0. The molecule has 2 nitrogen and oxygen atoms in total. The van der Waals surface area contributed by atoms with Gasteiger partial charge in [0, 0.05) is 31.9 Å². The molecule has 0 unspecified atom stereocenters. The number of halogens is 1. The van der Waals surface area contributed by atoms with Gasteiger partial charge in [-0.1, -0.05) is 47.7 Å². The first-order valence-corrected chi connectivity index (χ1v) is 9.57. The zero-order valence-electron chi connectivity index (χ0n) is 15.2. The lowest BCUT2D eigenvalue weighted by molar-refractivity contribution is -0.528. The van der Waals surface area contributed by atoms with Crippen LogP contribution in [0.1, 0.15) is 11.1 Å². The number of rotatable bonds is 2. The monoisotopic (exact) mass is 482 g/mol. The van der Waals surface area contributed by atoms with Gasteiger partial charge in [-0.15, -0.1) is 4.57 Å². The van der Waals surface area contributed by atoms with Gasteiger partial charge in [0.25, 0.3) is 5.01 Å². The Balaban J connectivity index is 0.00000180. The number of para-hydroxylation sites is 1. The summed E-state index contributed by atoms with van der Waals surface area (Å²) < 4.78 is 3.73. The third kappa shape index (κ3) is 2.97. The smallest absolute Gasteiger partial charge is 0.276 e. The molecule has 0 aliphatic carbocycles. The molecule has 4 heteroatoms. The second kappa shape index (κ2) is 7.09. The van der Waals surface area contributed by atoms with Gasteiger partial charge in [0.05, 0.1) is 11.1 Å². The van der Waals surface area contributed by atoms with Gasteiger partial charge in [0.15, 0.2) is 0 Å². The molecule has 5 rings (SSSR count). The molecule has 1 aromatic heterocycles. The van der Waals surface area contributed by atoms with Crippen molar-refractivity contribution < 1.29 is 28.5 Å². The van der Waals surface area contributed by atoms with Gasteiger partial charge >= 0.3 is 0 Å². The maximum atomic E-state index is 2.41. The summed E-state index contributed by atoms with van der Waals surface area (Å²) in [4.78, 5) is 2.13. The number of anilines is 1. The van der Waals surface area contributed by atoms with Gasteiger partial charge in [-0.25, -0.2) is 0 Å². The first-order chi connectivity index (χ1) is 12.7. The normalized spacial score (nSPS) is 13.3. The lowest BCUT2D eigenvalue weighted by Crippen LogP contribution is -3.00. The number of hydrogen-bond acceptors (Lipinski definition) is 2. The molecule has 2 heterocycles. The summed E-state index contributed by atoms with van der Waals surface area (Å²) in [5.41, 5.74) is 7.60. The average Bonchev–Trinajstić information content (AvgIpc) is 3.18. The highest BCUT2D eigenvalue weighted by atomic mass is 127. The fraction of sp³-hybridized carbons (Fsp3) is 0.0870. The Morgan fingerprint density at radius 3 is 2.22 bits per heavy atom. The molecule has 0 N–H and O–H groups in total. The van der Waals surface area contributed by atoms with Crippen molar-refractivity contribution in [1.29, 1.82) is 0 Å². The van der Waals surface area contributed by atoms with Crippen molar-refractivity contribution in [2.45, 2.75) is 0 Å². The van der Waals surface area contributed by atoms with Crippen molar-refractivity contribution in [3.8, 4) is 10.6 Å². The maximum Gasteiger partial charge on any atom is 0.276 e. The molecule has 3 aromatic carbocycles. The zero-order valence-corrected chi connectivity index (χ0v) is 18.2. The van der Waals surface area contributed by atoms with Crippen molar-refractivity contribution in [3.05, 3.63) is 83.9 Å². The number of thiazole rings is 1. The maximum absolute atomic E-state index is 2.41. The second-order valence-corrected chi connectivity index (χ2v) is 7.80. The Hall–Kier alpha value is -2.18. The number of benzene rings is 3. The van der Waals surface area contributed by atoms with E-state index in [0.29, 0.717) is 0 Å². The minimum atomic E-state index is 0. The Morgan fingerprint density at radius 1 is 0.815 bits per heavy atom. The number of nitrogens with zero attached hydrogens (tertiary/aromatic N) is 2. The van der Waals surface area contributed by atoms with Crippen molar-refractivity contribution in [1.82, 2.24) is 0 Å². The Morgan fingerprint density at radius 2 is 1.48 bits per heavy atom. The summed E-state index contributed by atoms with van der Waals surface area (Å²) in [7, 11) is 4.14. The first kappa shape index (κ1) is 18.2. The van der Waals surface area contributed by atoms with Crippen LogP contribution in [0.5, 0.6) is 0 Å². The molecule has 0 fully saturated rings. The third-order valence-electron chi connectivity index (χ3n) is 4.90. The molecule has 0 amide bonds. The molecule has 0 spiro atoms. The molecule has 134 valence electrons. The average molecular weight is 482 g/mol. The minimum Gasteiger partial charge on any atom is -1.00 e. The molecule has 0 radical (unpaired) electrons. The van der Waals surface area contributed by atoms with E-state index in [-0.39, 0.29) is 24.0 Å². The Bertz CT molecular complexity index is 1160. The number of aromatic nitrogens is 1. The van der Waals surface area contributed by atoms with Crippen LogP contribution in [0.2, 0.25) is 0 Å². The summed E-state index contributed by atoms with van der Waals surface area (Å²) in [6.07, 6.45) is 2.30. The fourth-order valence-electron chi connectivity index (χ4n) is 3.58. The van der Waals surface area contributed by atoms with Crippen LogP contribution >= 0.6 is 11.3 Å². The second-order valence-electron chi connectivity index (χ2n) is 6.77. The standard InChI is InChI=1S/C23H19N2S.HI/c1-24(2)17-13-11-16(12-14-17)15-21-18-7-3-4-8-19(18)23-25(21)20-9-5-6-10-22(20)26-23;/h3-15H,1-2H3;1H/q+1;/p-1. The highest BCUT2D eigenvalue weighted by Crippen LogP contribution is 2.40. The van der Waals surface area contributed by atoms with Gasteiger partial charge in [0.2, 0.25) is 11.2 Å². The van der Waals surface area contributed by atoms with Crippen LogP contribution in [0.15, 0.2) is 72.8 Å². The van der Waals surface area contributed by atoms with Crippen LogP contribution in [0.3, 0.4) is 0 Å². The lowest BCUT2D eigenvalue weighted by atomic mass is 10.1. The quantitative estimate of drug-likeness (QED) is 0.277. The highest BCUT2D eigenvalue weighted by molar-refractivity contribution is 7.21. The Labute approximate surface area is 180 Å². The lowest BCUT2D eigenvalue weighted by Gasteiger charge is -2.11. The SMILES string of the molecule is CN(C)c1ccc(/C=C2/c3ccccc3-c3sc4ccccc4[n+]32)cc1.[I-]. The molecule has 4 aromatic rings. The third-order valence-corrected chi connectivity index (χ3v) is 6.06. The van der Waals surface area contributed by atoms with E-state index in [1.807, 2.05) is 11.3 Å². The van der Waals surface area contributed by atoms with Crippen molar-refractivity contribution in [2.75, 3.05) is 19.0 Å². The van der Waals surface area contributed by atoms with Gasteiger partial charge in [-0.3, -0.25) is 0 Å². The minimum absolute atomic E-state index is 0. The van der Waals surface area contributed by atoms with E-state index in [2.05, 4.69) is 102 Å². The summed E-state index contributed by atoms with van der Waals surface area (Å²) >= 11 is 1.87. The number of fused-ring (bicyclic) bond motifs is 5. The first-order valence-electron chi connectivity index (χ1n) is 8.75. The van der Waals surface area contributed by atoms with Gasteiger partial charge < -0.3 is 28.9 Å². The molecule has 0 saturated carbocycles. The van der Waals surface area contributed by atoms with E-state index < -0.39 is 0 Å². The zero-order chi connectivity index (χ0) is 17.7. The van der Waals surface area contributed by atoms with Gasteiger partial charge in [0.1, 0.15) is 4.70 Å². The molecule has 1 aliphatic rings. The molecule has 1 aliphatic heterocycles. The largest absolute Gasteiger partial charge is 1.00 e. The van der Waals surface area contributed by atoms with E-state index in [0.717, 1.165) is 0 Å². The molecule has 0 atom stereocenters. The van der Waals surface area contributed by atoms with Crippen LogP contribution in [0.25, 0.3) is 32.6 Å². The summed E-state index contributed by atoms with van der Waals surface area (Å²) in [5.74, 6) is 0. The molecular weight excluding hydrogens is 463 g/mol. The molecule has 0 bridgehead atoms. The van der Waals surface area contributed by atoms with Crippen LogP contribution < -0.4 is 33.4 Å². The van der Waals surface area contributed by atoms with Crippen LogP contribution in [0, 0.1) is 0 Å². The topological polar surface area (TPSA) is 7.12 Å². The van der Waals surface area contributed by atoms with E-state index in [4.69, 9.17) is 0 Å². The molecular formula is C23H19IN2S. The van der Waals surface area contributed by atoms with E-state index in [1.54, 1.807) is 0 Å².